The van der Waals surface area contributed by atoms with Gasteiger partial charge in [-0.15, -0.1) is 0 Å². The van der Waals surface area contributed by atoms with Gasteiger partial charge in [-0.2, -0.15) is 8.42 Å². The van der Waals surface area contributed by atoms with Crippen LogP contribution in [0.3, 0.4) is 0 Å². The van der Waals surface area contributed by atoms with Gasteiger partial charge in [0.1, 0.15) is 10.7 Å². The molecule has 0 aliphatic heterocycles. The second-order valence-corrected chi connectivity index (χ2v) is 6.10. The molecule has 2 rings (SSSR count). The number of aryl methyl sites for hydroxylation is 1. The Morgan fingerprint density at radius 3 is 2.39 bits per heavy atom. The molecule has 0 heterocycles. The summed E-state index contributed by atoms with van der Waals surface area (Å²) in [5, 5.41) is 0. The third-order valence-corrected chi connectivity index (χ3v) is 4.35. The molecule has 2 aromatic rings. The normalized spacial score (nSPS) is 11.1. The molecule has 0 spiro atoms. The lowest BCUT2D eigenvalue weighted by atomic mass is 10.1. The van der Waals surface area contributed by atoms with E-state index < -0.39 is 33.5 Å². The lowest BCUT2D eigenvalue weighted by molar-refractivity contribution is 0.0600. The highest BCUT2D eigenvalue weighted by atomic mass is 32.2. The Morgan fingerprint density at radius 1 is 1.09 bits per heavy atom. The minimum Gasteiger partial charge on any atom is -0.465 e. The summed E-state index contributed by atoms with van der Waals surface area (Å²) in [7, 11) is -3.26. The van der Waals surface area contributed by atoms with E-state index in [2.05, 4.69) is 4.74 Å². The Kier molecular flexibility index (Phi) is 4.65. The molecule has 0 radical (unpaired) electrons. The molecule has 0 aliphatic rings. The van der Waals surface area contributed by atoms with Crippen LogP contribution in [0.1, 0.15) is 15.9 Å². The van der Waals surface area contributed by atoms with E-state index in [-0.39, 0.29) is 10.5 Å². The summed E-state index contributed by atoms with van der Waals surface area (Å²) in [4.78, 5) is 11.2. The summed E-state index contributed by atoms with van der Waals surface area (Å²) >= 11 is 0. The second-order valence-electron chi connectivity index (χ2n) is 4.58. The van der Waals surface area contributed by atoms with E-state index in [9.17, 15) is 22.0 Å². The van der Waals surface area contributed by atoms with Gasteiger partial charge in [0.2, 0.25) is 0 Å². The Morgan fingerprint density at radius 2 is 1.78 bits per heavy atom. The largest absolute Gasteiger partial charge is 0.465 e. The maximum Gasteiger partial charge on any atom is 0.339 e. The van der Waals surface area contributed by atoms with Crippen LogP contribution in [0.2, 0.25) is 0 Å². The molecule has 0 aromatic heterocycles. The van der Waals surface area contributed by atoms with Crippen LogP contribution in [0.4, 0.5) is 8.78 Å². The van der Waals surface area contributed by atoms with Crippen molar-refractivity contribution in [1.82, 2.24) is 0 Å². The highest BCUT2D eigenvalue weighted by Crippen LogP contribution is 2.25. The topological polar surface area (TPSA) is 69.7 Å². The molecule has 0 bridgehead atoms. The van der Waals surface area contributed by atoms with E-state index >= 15 is 0 Å². The Labute approximate surface area is 131 Å². The third kappa shape index (κ3) is 3.65. The summed E-state index contributed by atoms with van der Waals surface area (Å²) in [6.45, 7) is 1.48. The minimum absolute atomic E-state index is 0.000136. The van der Waals surface area contributed by atoms with Gasteiger partial charge < -0.3 is 8.92 Å². The van der Waals surface area contributed by atoms with E-state index in [1.54, 1.807) is 0 Å². The van der Waals surface area contributed by atoms with Gasteiger partial charge in [0.05, 0.1) is 12.7 Å². The first-order valence-electron chi connectivity index (χ1n) is 6.33. The van der Waals surface area contributed by atoms with Gasteiger partial charge in [0, 0.05) is 6.07 Å². The lowest BCUT2D eigenvalue weighted by Gasteiger charge is -2.11. The van der Waals surface area contributed by atoms with Crippen molar-refractivity contribution < 1.29 is 30.9 Å². The van der Waals surface area contributed by atoms with Crippen molar-refractivity contribution in [1.29, 1.82) is 0 Å². The van der Waals surface area contributed by atoms with Gasteiger partial charge in [0.25, 0.3) is 0 Å². The molecule has 23 heavy (non-hydrogen) atoms. The third-order valence-electron chi connectivity index (χ3n) is 2.97. The van der Waals surface area contributed by atoms with Crippen molar-refractivity contribution >= 4 is 16.1 Å². The second kappa shape index (κ2) is 6.33. The molecule has 0 saturated heterocycles. The summed E-state index contributed by atoms with van der Waals surface area (Å²) in [5.41, 5.74) is 0.292. The number of hydrogen-bond acceptors (Lipinski definition) is 5. The fourth-order valence-corrected chi connectivity index (χ4v) is 3.02. The SMILES string of the molecule is COC(=O)c1ccc(C)c(S(=O)(=O)Oc2ccc(F)cc2F)c1. The number of methoxy groups -OCH3 is 1. The van der Waals surface area contributed by atoms with Gasteiger partial charge >= 0.3 is 16.1 Å². The summed E-state index contributed by atoms with van der Waals surface area (Å²) in [6.07, 6.45) is 0. The van der Waals surface area contributed by atoms with Crippen LogP contribution in [0.5, 0.6) is 5.75 Å². The van der Waals surface area contributed by atoms with Crippen LogP contribution in [0.15, 0.2) is 41.3 Å². The number of carbonyl (C=O) groups excluding carboxylic acids is 1. The molecular formula is C15H12F2O5S. The molecule has 0 amide bonds. The summed E-state index contributed by atoms with van der Waals surface area (Å²) in [6, 6.07) is 6.08. The van der Waals surface area contributed by atoms with Crippen molar-refractivity contribution in [3.63, 3.8) is 0 Å². The maximum atomic E-state index is 13.6. The van der Waals surface area contributed by atoms with Crippen molar-refractivity contribution in [2.45, 2.75) is 11.8 Å². The number of halogens is 2. The van der Waals surface area contributed by atoms with Crippen molar-refractivity contribution in [3.8, 4) is 5.75 Å². The highest BCUT2D eigenvalue weighted by molar-refractivity contribution is 7.87. The van der Waals surface area contributed by atoms with Gasteiger partial charge in [-0.3, -0.25) is 0 Å². The Bertz CT molecular complexity index is 862. The molecule has 8 heteroatoms. The van der Waals surface area contributed by atoms with E-state index in [0.717, 1.165) is 25.3 Å². The summed E-state index contributed by atoms with van der Waals surface area (Å²) < 4.78 is 60.2. The smallest absolute Gasteiger partial charge is 0.339 e. The molecule has 0 atom stereocenters. The van der Waals surface area contributed by atoms with Gasteiger partial charge in [-0.1, -0.05) is 6.07 Å². The fraction of sp³-hybridized carbons (Fsp3) is 0.133. The Balaban J connectivity index is 2.45. The van der Waals surface area contributed by atoms with Crippen molar-refractivity contribution in [2.24, 2.45) is 0 Å². The van der Waals surface area contributed by atoms with Crippen LogP contribution >= 0.6 is 0 Å². The van der Waals surface area contributed by atoms with E-state index in [0.29, 0.717) is 11.6 Å². The zero-order chi connectivity index (χ0) is 17.2. The van der Waals surface area contributed by atoms with Crippen LogP contribution < -0.4 is 4.18 Å². The van der Waals surface area contributed by atoms with E-state index in [4.69, 9.17) is 4.18 Å². The molecule has 0 N–H and O–H groups in total. The van der Waals surface area contributed by atoms with E-state index in [1.807, 2.05) is 0 Å². The predicted molar refractivity (Wildman–Crippen MR) is 76.7 cm³/mol. The first-order chi connectivity index (χ1) is 10.7. The zero-order valence-electron chi connectivity index (χ0n) is 12.2. The predicted octanol–water partition coefficient (Wildman–Crippen LogP) is 2.83. The number of rotatable bonds is 4. The van der Waals surface area contributed by atoms with Crippen molar-refractivity contribution in [2.75, 3.05) is 7.11 Å². The van der Waals surface area contributed by atoms with Gasteiger partial charge in [0.15, 0.2) is 11.6 Å². The standard InChI is InChI=1S/C15H12F2O5S/c1-9-3-4-10(15(18)21-2)7-14(9)23(19,20)22-13-6-5-11(16)8-12(13)17/h3-8H,1-2H3. The molecular weight excluding hydrogens is 330 g/mol. The molecule has 5 nitrogen and oxygen atoms in total. The fourth-order valence-electron chi connectivity index (χ4n) is 1.82. The van der Waals surface area contributed by atoms with Gasteiger partial charge in [-0.25, -0.2) is 13.6 Å². The van der Waals surface area contributed by atoms with Crippen molar-refractivity contribution in [3.05, 3.63) is 59.2 Å². The monoisotopic (exact) mass is 342 g/mol. The molecule has 122 valence electrons. The molecule has 0 unspecified atom stereocenters. The number of carbonyl (C=O) groups is 1. The molecule has 0 fully saturated rings. The van der Waals surface area contributed by atoms with Gasteiger partial charge in [-0.05, 0) is 36.8 Å². The lowest BCUT2D eigenvalue weighted by Crippen LogP contribution is -2.13. The number of hydrogen-bond donors (Lipinski definition) is 0. The molecule has 2 aromatic carbocycles. The zero-order valence-corrected chi connectivity index (χ0v) is 13.0. The maximum absolute atomic E-state index is 13.6. The Hall–Kier alpha value is -2.48. The number of benzene rings is 2. The first kappa shape index (κ1) is 16.9. The average Bonchev–Trinajstić information content (AvgIpc) is 2.49. The summed E-state index contributed by atoms with van der Waals surface area (Å²) in [5.74, 6) is -3.39. The number of ether oxygens (including phenoxy) is 1. The van der Waals surface area contributed by atoms with Crippen LogP contribution in [-0.4, -0.2) is 21.5 Å². The quantitative estimate of drug-likeness (QED) is 0.631. The van der Waals surface area contributed by atoms with E-state index in [1.165, 1.54) is 19.1 Å². The van der Waals surface area contributed by atoms with Crippen LogP contribution in [0, 0.1) is 18.6 Å². The average molecular weight is 342 g/mol. The van der Waals surface area contributed by atoms with Crippen LogP contribution in [0.25, 0.3) is 0 Å². The molecule has 0 aliphatic carbocycles. The number of esters is 1. The minimum atomic E-state index is -4.41. The first-order valence-corrected chi connectivity index (χ1v) is 7.74. The highest BCUT2D eigenvalue weighted by Gasteiger charge is 2.23. The van der Waals surface area contributed by atoms with Crippen LogP contribution in [-0.2, 0) is 14.9 Å². The molecule has 0 saturated carbocycles.